The van der Waals surface area contributed by atoms with Crippen LogP contribution in [0.3, 0.4) is 0 Å². The molecule has 2 N–H and O–H groups in total. The second kappa shape index (κ2) is 5.00. The molecule has 2 aromatic rings. The number of rotatable bonds is 2. The second-order valence-corrected chi connectivity index (χ2v) is 3.98. The van der Waals surface area contributed by atoms with Gasteiger partial charge in [0.05, 0.1) is 17.8 Å². The molecule has 1 aromatic heterocycles. The number of nitrogens with zero attached hydrogens (tertiary/aromatic N) is 3. The molecule has 0 saturated carbocycles. The second-order valence-electron chi connectivity index (χ2n) is 3.58. The highest BCUT2D eigenvalue weighted by Crippen LogP contribution is 2.26. The molecule has 0 atom stereocenters. The van der Waals surface area contributed by atoms with Gasteiger partial charge in [-0.25, -0.2) is 9.48 Å². The summed E-state index contributed by atoms with van der Waals surface area (Å²) in [5, 5.41) is 13.3. The van der Waals surface area contributed by atoms with Crippen molar-refractivity contribution in [1.82, 2.24) is 9.78 Å². The summed E-state index contributed by atoms with van der Waals surface area (Å²) in [7, 11) is 1.22. The summed E-state index contributed by atoms with van der Waals surface area (Å²) in [6, 6.07) is 8.58. The van der Waals surface area contributed by atoms with Gasteiger partial charge in [0.2, 0.25) is 0 Å². The van der Waals surface area contributed by atoms with Gasteiger partial charge in [-0.15, -0.1) is 0 Å². The van der Waals surface area contributed by atoms with Crippen LogP contribution >= 0.6 is 11.6 Å². The van der Waals surface area contributed by atoms with Crippen molar-refractivity contribution in [3.63, 3.8) is 0 Å². The van der Waals surface area contributed by atoms with E-state index in [4.69, 9.17) is 22.6 Å². The maximum atomic E-state index is 11.8. The predicted molar refractivity (Wildman–Crippen MR) is 69.0 cm³/mol. The fourth-order valence-electron chi connectivity index (χ4n) is 1.60. The Labute approximate surface area is 114 Å². The number of esters is 1. The molecule has 96 valence electrons. The highest BCUT2D eigenvalue weighted by molar-refractivity contribution is 6.32. The lowest BCUT2D eigenvalue weighted by Crippen LogP contribution is -2.12. The minimum absolute atomic E-state index is 0.0212. The van der Waals surface area contributed by atoms with Gasteiger partial charge < -0.3 is 10.5 Å². The minimum atomic E-state index is -0.689. The van der Waals surface area contributed by atoms with Crippen molar-refractivity contribution in [3.8, 4) is 11.8 Å². The molecule has 0 radical (unpaired) electrons. The smallest absolute Gasteiger partial charge is 0.359 e. The van der Waals surface area contributed by atoms with Gasteiger partial charge in [-0.2, -0.15) is 10.4 Å². The molecule has 2 rings (SSSR count). The van der Waals surface area contributed by atoms with Crippen LogP contribution in [-0.2, 0) is 4.74 Å². The van der Waals surface area contributed by atoms with Crippen LogP contribution in [-0.4, -0.2) is 22.9 Å². The minimum Gasteiger partial charge on any atom is -0.464 e. The fourth-order valence-corrected chi connectivity index (χ4v) is 1.82. The van der Waals surface area contributed by atoms with E-state index in [1.807, 2.05) is 6.07 Å². The average molecular weight is 277 g/mol. The Hall–Kier alpha value is -2.52. The number of benzene rings is 1. The highest BCUT2D eigenvalue weighted by atomic mass is 35.5. The molecule has 0 aliphatic rings. The van der Waals surface area contributed by atoms with Crippen LogP contribution in [0.5, 0.6) is 0 Å². The maximum absolute atomic E-state index is 11.8. The Balaban J connectivity index is 2.74. The zero-order valence-corrected chi connectivity index (χ0v) is 10.7. The molecule has 1 aromatic carbocycles. The molecule has 19 heavy (non-hydrogen) atoms. The van der Waals surface area contributed by atoms with E-state index in [2.05, 4.69) is 9.84 Å². The van der Waals surface area contributed by atoms with Crippen LogP contribution in [0.4, 0.5) is 5.69 Å². The molecule has 6 nitrogen and oxygen atoms in total. The number of para-hydroxylation sites is 1. The van der Waals surface area contributed by atoms with E-state index in [1.54, 1.807) is 24.3 Å². The Morgan fingerprint density at radius 1 is 1.53 bits per heavy atom. The monoisotopic (exact) mass is 276 g/mol. The van der Waals surface area contributed by atoms with Crippen molar-refractivity contribution in [2.24, 2.45) is 0 Å². The van der Waals surface area contributed by atoms with Crippen LogP contribution in [0.25, 0.3) is 5.69 Å². The lowest BCUT2D eigenvalue weighted by Gasteiger charge is -2.07. The average Bonchev–Trinajstić information content (AvgIpc) is 2.75. The summed E-state index contributed by atoms with van der Waals surface area (Å²) in [6.45, 7) is 0. The number of methoxy groups -OCH3 is 1. The van der Waals surface area contributed by atoms with Crippen molar-refractivity contribution in [2.45, 2.75) is 0 Å². The molecule has 0 aliphatic heterocycles. The molecular weight excluding hydrogens is 268 g/mol. The van der Waals surface area contributed by atoms with Gasteiger partial charge in [-0.05, 0) is 12.1 Å². The third kappa shape index (κ3) is 2.11. The number of aromatic nitrogens is 2. The number of ether oxygens (including phenoxy) is 1. The van der Waals surface area contributed by atoms with Gasteiger partial charge in [0, 0.05) is 0 Å². The van der Waals surface area contributed by atoms with Gasteiger partial charge >= 0.3 is 5.97 Å². The van der Waals surface area contributed by atoms with E-state index in [0.717, 1.165) is 0 Å². The number of anilines is 1. The summed E-state index contributed by atoms with van der Waals surface area (Å²) in [6.07, 6.45) is 0. The molecular formula is C12H9ClN4O2. The van der Waals surface area contributed by atoms with Crippen LogP contribution in [0, 0.1) is 11.3 Å². The SMILES string of the molecule is COC(=O)c1c(N)c(C#N)nn1-c1ccccc1Cl. The third-order valence-corrected chi connectivity index (χ3v) is 2.81. The standard InChI is InChI=1S/C12H9ClN4O2/c1-19-12(18)11-10(15)8(6-14)16-17(11)9-5-3-2-4-7(9)13/h2-5H,15H2,1H3. The van der Waals surface area contributed by atoms with Crippen LogP contribution in [0.15, 0.2) is 24.3 Å². The Kier molecular flexibility index (Phi) is 3.40. The number of nitrogen functional groups attached to an aromatic ring is 1. The van der Waals surface area contributed by atoms with Gasteiger partial charge in [0.25, 0.3) is 0 Å². The largest absolute Gasteiger partial charge is 0.464 e. The number of halogens is 1. The van der Waals surface area contributed by atoms with Gasteiger partial charge in [-0.3, -0.25) is 0 Å². The Bertz CT molecular complexity index is 688. The summed E-state index contributed by atoms with van der Waals surface area (Å²) < 4.78 is 5.86. The van der Waals surface area contributed by atoms with E-state index in [1.165, 1.54) is 11.8 Å². The fraction of sp³-hybridized carbons (Fsp3) is 0.0833. The first-order valence-electron chi connectivity index (χ1n) is 5.22. The highest BCUT2D eigenvalue weighted by Gasteiger charge is 2.24. The van der Waals surface area contributed by atoms with E-state index in [-0.39, 0.29) is 17.1 Å². The zero-order chi connectivity index (χ0) is 14.0. The first-order chi connectivity index (χ1) is 9.10. The van der Waals surface area contributed by atoms with E-state index in [0.29, 0.717) is 10.7 Å². The summed E-state index contributed by atoms with van der Waals surface area (Å²) in [5.74, 6) is -0.689. The van der Waals surface area contributed by atoms with Gasteiger partial charge in [0.15, 0.2) is 11.4 Å². The van der Waals surface area contributed by atoms with E-state index >= 15 is 0 Å². The molecule has 0 bridgehead atoms. The first-order valence-corrected chi connectivity index (χ1v) is 5.59. The van der Waals surface area contributed by atoms with E-state index < -0.39 is 5.97 Å². The number of carbonyl (C=O) groups is 1. The number of carbonyl (C=O) groups excluding carboxylic acids is 1. The third-order valence-electron chi connectivity index (χ3n) is 2.49. The Morgan fingerprint density at radius 2 is 2.21 bits per heavy atom. The van der Waals surface area contributed by atoms with Crippen LogP contribution in [0.1, 0.15) is 16.2 Å². The number of hydrogen-bond donors (Lipinski definition) is 1. The summed E-state index contributed by atoms with van der Waals surface area (Å²) >= 11 is 6.05. The molecule has 0 saturated heterocycles. The normalized spacial score (nSPS) is 9.95. The first kappa shape index (κ1) is 12.9. The van der Waals surface area contributed by atoms with Gasteiger partial charge in [-0.1, -0.05) is 23.7 Å². The molecule has 0 aliphatic carbocycles. The quantitative estimate of drug-likeness (QED) is 0.844. The zero-order valence-electron chi connectivity index (χ0n) is 9.92. The summed E-state index contributed by atoms with van der Waals surface area (Å²) in [4.78, 5) is 11.8. The van der Waals surface area contributed by atoms with E-state index in [9.17, 15) is 4.79 Å². The van der Waals surface area contributed by atoms with Crippen molar-refractivity contribution in [3.05, 3.63) is 40.7 Å². The topological polar surface area (TPSA) is 93.9 Å². The van der Waals surface area contributed by atoms with Crippen LogP contribution < -0.4 is 5.73 Å². The molecule has 0 amide bonds. The van der Waals surface area contributed by atoms with Crippen molar-refractivity contribution in [2.75, 3.05) is 12.8 Å². The van der Waals surface area contributed by atoms with Crippen molar-refractivity contribution >= 4 is 23.3 Å². The van der Waals surface area contributed by atoms with Crippen molar-refractivity contribution < 1.29 is 9.53 Å². The molecule has 0 unspecified atom stereocenters. The summed E-state index contributed by atoms with van der Waals surface area (Å²) in [5.41, 5.74) is 6.06. The lowest BCUT2D eigenvalue weighted by atomic mass is 10.2. The lowest BCUT2D eigenvalue weighted by molar-refractivity contribution is 0.0591. The number of nitriles is 1. The Morgan fingerprint density at radius 3 is 2.79 bits per heavy atom. The number of nitrogens with two attached hydrogens (primary N) is 1. The number of hydrogen-bond acceptors (Lipinski definition) is 5. The molecule has 0 spiro atoms. The van der Waals surface area contributed by atoms with Gasteiger partial charge in [0.1, 0.15) is 11.8 Å². The molecule has 0 fully saturated rings. The predicted octanol–water partition coefficient (Wildman–Crippen LogP) is 1.77. The molecule has 7 heteroatoms. The maximum Gasteiger partial charge on any atom is 0.359 e. The molecule has 1 heterocycles. The van der Waals surface area contributed by atoms with Crippen molar-refractivity contribution in [1.29, 1.82) is 5.26 Å². The van der Waals surface area contributed by atoms with Crippen LogP contribution in [0.2, 0.25) is 5.02 Å².